The van der Waals surface area contributed by atoms with E-state index in [4.69, 9.17) is 0 Å². The maximum atomic E-state index is 12.3. The molecule has 0 aliphatic carbocycles. The Balaban J connectivity index is 2.86. The van der Waals surface area contributed by atoms with E-state index in [1.165, 1.54) is 0 Å². The van der Waals surface area contributed by atoms with Gasteiger partial charge in [0.2, 0.25) is 5.91 Å². The van der Waals surface area contributed by atoms with Crippen molar-refractivity contribution in [1.82, 2.24) is 5.32 Å². The molecule has 18 heavy (non-hydrogen) atoms. The molecule has 0 aromatic heterocycles. The second-order valence-corrected chi connectivity index (χ2v) is 5.16. The van der Waals surface area contributed by atoms with Gasteiger partial charge in [0.05, 0.1) is 5.92 Å². The molecule has 1 amide bonds. The average molecular weight is 248 g/mol. The highest BCUT2D eigenvalue weighted by Crippen LogP contribution is 2.21. The average Bonchev–Trinajstić information content (AvgIpc) is 2.30. The first-order valence-corrected chi connectivity index (χ1v) is 6.49. The predicted octanol–water partition coefficient (Wildman–Crippen LogP) is 2.73. The highest BCUT2D eigenvalue weighted by Gasteiger charge is 2.22. The fourth-order valence-corrected chi connectivity index (χ4v) is 2.08. The van der Waals surface area contributed by atoms with Gasteiger partial charge in [-0.15, -0.1) is 0 Å². The lowest BCUT2D eigenvalue weighted by molar-refractivity contribution is -0.120. The van der Waals surface area contributed by atoms with Gasteiger partial charge in [-0.05, 0) is 37.9 Å². The molecule has 0 heterocycles. The quantitative estimate of drug-likeness (QED) is 0.841. The summed E-state index contributed by atoms with van der Waals surface area (Å²) in [5.41, 5.74) is 3.16. The van der Waals surface area contributed by atoms with Crippen LogP contribution in [0.15, 0.2) is 18.2 Å². The summed E-state index contributed by atoms with van der Waals surface area (Å²) >= 11 is 0. The summed E-state index contributed by atoms with van der Waals surface area (Å²) in [5.74, 6) is 0.410. The number of amides is 1. The van der Waals surface area contributed by atoms with Gasteiger partial charge in [-0.25, -0.2) is 0 Å². The molecule has 1 rings (SSSR count). The lowest BCUT2D eigenvalue weighted by Crippen LogP contribution is -2.34. The molecule has 0 aliphatic rings. The standard InChI is InChI=1S/C15H24N2O/c1-10(2)13(9-16-5)15(18)17-14-11(3)7-6-8-12(14)4/h6-8,10,13,16H,9H2,1-5H3,(H,17,18). The predicted molar refractivity (Wildman–Crippen MR) is 76.8 cm³/mol. The number of anilines is 1. The Bertz CT molecular complexity index is 393. The third-order valence-electron chi connectivity index (χ3n) is 3.29. The molecule has 0 radical (unpaired) electrons. The van der Waals surface area contributed by atoms with Crippen LogP contribution in [-0.4, -0.2) is 19.5 Å². The lowest BCUT2D eigenvalue weighted by atomic mass is 9.94. The van der Waals surface area contributed by atoms with Crippen LogP contribution in [0.5, 0.6) is 0 Å². The SMILES string of the molecule is CNCC(C(=O)Nc1c(C)cccc1C)C(C)C. The van der Waals surface area contributed by atoms with Gasteiger partial charge >= 0.3 is 0 Å². The highest BCUT2D eigenvalue weighted by molar-refractivity contribution is 5.94. The Morgan fingerprint density at radius 1 is 1.22 bits per heavy atom. The Hall–Kier alpha value is -1.35. The van der Waals surface area contributed by atoms with Gasteiger partial charge in [0.1, 0.15) is 0 Å². The minimum Gasteiger partial charge on any atom is -0.325 e. The Kier molecular flexibility index (Phi) is 5.35. The van der Waals surface area contributed by atoms with Gasteiger partial charge in [-0.2, -0.15) is 0 Å². The number of benzene rings is 1. The van der Waals surface area contributed by atoms with E-state index >= 15 is 0 Å². The van der Waals surface area contributed by atoms with Crippen molar-refractivity contribution in [2.24, 2.45) is 11.8 Å². The van der Waals surface area contributed by atoms with Crippen molar-refractivity contribution in [3.8, 4) is 0 Å². The summed E-state index contributed by atoms with van der Waals surface area (Å²) in [6, 6.07) is 6.05. The van der Waals surface area contributed by atoms with Crippen LogP contribution in [0.3, 0.4) is 0 Å². The zero-order valence-electron chi connectivity index (χ0n) is 12.0. The number of aryl methyl sites for hydroxylation is 2. The van der Waals surface area contributed by atoms with Crippen molar-refractivity contribution in [3.05, 3.63) is 29.3 Å². The first-order chi connectivity index (χ1) is 8.47. The van der Waals surface area contributed by atoms with Gasteiger partial charge in [-0.1, -0.05) is 32.0 Å². The van der Waals surface area contributed by atoms with Crippen LogP contribution in [0.25, 0.3) is 0 Å². The molecular formula is C15H24N2O. The van der Waals surface area contributed by atoms with Crippen molar-refractivity contribution in [2.75, 3.05) is 18.9 Å². The zero-order chi connectivity index (χ0) is 13.7. The van der Waals surface area contributed by atoms with E-state index in [0.29, 0.717) is 12.5 Å². The maximum Gasteiger partial charge on any atom is 0.229 e. The second kappa shape index (κ2) is 6.55. The molecule has 100 valence electrons. The van der Waals surface area contributed by atoms with E-state index in [0.717, 1.165) is 16.8 Å². The first-order valence-electron chi connectivity index (χ1n) is 6.49. The molecule has 2 N–H and O–H groups in total. The topological polar surface area (TPSA) is 41.1 Å². The Labute approximate surface area is 110 Å². The lowest BCUT2D eigenvalue weighted by Gasteiger charge is -2.21. The summed E-state index contributed by atoms with van der Waals surface area (Å²) in [5, 5.41) is 6.15. The molecule has 0 saturated heterocycles. The van der Waals surface area contributed by atoms with Crippen LogP contribution < -0.4 is 10.6 Å². The van der Waals surface area contributed by atoms with Gasteiger partial charge in [0.15, 0.2) is 0 Å². The van der Waals surface area contributed by atoms with Crippen molar-refractivity contribution < 1.29 is 4.79 Å². The van der Waals surface area contributed by atoms with Crippen LogP contribution in [0.1, 0.15) is 25.0 Å². The van der Waals surface area contributed by atoms with Crippen molar-refractivity contribution in [3.63, 3.8) is 0 Å². The van der Waals surface area contributed by atoms with E-state index in [9.17, 15) is 4.79 Å². The molecule has 3 heteroatoms. The third-order valence-corrected chi connectivity index (χ3v) is 3.29. The molecular weight excluding hydrogens is 224 g/mol. The molecule has 0 aliphatic heterocycles. The van der Waals surface area contributed by atoms with Crippen LogP contribution in [0.4, 0.5) is 5.69 Å². The van der Waals surface area contributed by atoms with Crippen LogP contribution in [0.2, 0.25) is 0 Å². The second-order valence-electron chi connectivity index (χ2n) is 5.16. The van der Waals surface area contributed by atoms with Crippen LogP contribution in [-0.2, 0) is 4.79 Å². The van der Waals surface area contributed by atoms with E-state index in [1.807, 2.05) is 39.1 Å². The van der Waals surface area contributed by atoms with Crippen molar-refractivity contribution >= 4 is 11.6 Å². The van der Waals surface area contributed by atoms with E-state index in [2.05, 4.69) is 24.5 Å². The van der Waals surface area contributed by atoms with E-state index in [-0.39, 0.29) is 11.8 Å². The molecule has 1 aromatic carbocycles. The summed E-state index contributed by atoms with van der Waals surface area (Å²) in [6.45, 7) is 8.89. The van der Waals surface area contributed by atoms with Crippen LogP contribution in [0, 0.1) is 25.7 Å². The van der Waals surface area contributed by atoms with E-state index in [1.54, 1.807) is 0 Å². The zero-order valence-corrected chi connectivity index (χ0v) is 12.0. The molecule has 1 unspecified atom stereocenters. The molecule has 1 atom stereocenters. The van der Waals surface area contributed by atoms with Gasteiger partial charge in [0, 0.05) is 12.2 Å². The number of hydrogen-bond donors (Lipinski definition) is 2. The molecule has 0 fully saturated rings. The summed E-state index contributed by atoms with van der Waals surface area (Å²) in [4.78, 5) is 12.3. The number of nitrogens with one attached hydrogen (secondary N) is 2. The minimum absolute atomic E-state index is 0.00555. The summed E-state index contributed by atoms with van der Waals surface area (Å²) in [6.07, 6.45) is 0. The number of carbonyl (C=O) groups is 1. The van der Waals surface area contributed by atoms with Gasteiger partial charge in [0.25, 0.3) is 0 Å². The fourth-order valence-electron chi connectivity index (χ4n) is 2.08. The summed E-state index contributed by atoms with van der Waals surface area (Å²) in [7, 11) is 1.88. The molecule has 0 saturated carbocycles. The minimum atomic E-state index is -0.00555. The smallest absolute Gasteiger partial charge is 0.229 e. The van der Waals surface area contributed by atoms with Gasteiger partial charge in [-0.3, -0.25) is 4.79 Å². The monoisotopic (exact) mass is 248 g/mol. The summed E-state index contributed by atoms with van der Waals surface area (Å²) < 4.78 is 0. The maximum absolute atomic E-state index is 12.3. The number of rotatable bonds is 5. The first kappa shape index (κ1) is 14.7. The van der Waals surface area contributed by atoms with Crippen molar-refractivity contribution in [1.29, 1.82) is 0 Å². The highest BCUT2D eigenvalue weighted by atomic mass is 16.1. The normalized spacial score (nSPS) is 12.6. The van der Waals surface area contributed by atoms with Crippen LogP contribution >= 0.6 is 0 Å². The number of hydrogen-bond acceptors (Lipinski definition) is 2. The molecule has 0 bridgehead atoms. The number of carbonyl (C=O) groups excluding carboxylic acids is 1. The molecule has 1 aromatic rings. The van der Waals surface area contributed by atoms with Gasteiger partial charge < -0.3 is 10.6 Å². The Morgan fingerprint density at radius 2 is 1.78 bits per heavy atom. The van der Waals surface area contributed by atoms with Crippen molar-refractivity contribution in [2.45, 2.75) is 27.7 Å². The number of para-hydroxylation sites is 1. The third kappa shape index (κ3) is 3.57. The van der Waals surface area contributed by atoms with E-state index < -0.39 is 0 Å². The Morgan fingerprint density at radius 3 is 2.22 bits per heavy atom. The fraction of sp³-hybridized carbons (Fsp3) is 0.533. The molecule has 0 spiro atoms. The largest absolute Gasteiger partial charge is 0.325 e. The molecule has 3 nitrogen and oxygen atoms in total.